The third kappa shape index (κ3) is 4.21. The highest BCUT2D eigenvalue weighted by Crippen LogP contribution is 2.26. The van der Waals surface area contributed by atoms with Gasteiger partial charge in [0, 0.05) is 23.8 Å². The van der Waals surface area contributed by atoms with Crippen LogP contribution >= 0.6 is 12.4 Å². The number of amides is 2. The summed E-state index contributed by atoms with van der Waals surface area (Å²) in [5, 5.41) is 5.67. The standard InChI is InChI=1S/C16H23N3O2.ClH/c1-3-18-15(20)11-8-7-10(2)14(9-11)19-16(21)12-5-4-6-13(12)17;/h7-9,12-13H,3-6,17H2,1-2H3,(H,18,20)(H,19,21);1H. The van der Waals surface area contributed by atoms with E-state index < -0.39 is 0 Å². The number of nitrogens with one attached hydrogen (secondary N) is 2. The monoisotopic (exact) mass is 325 g/mol. The van der Waals surface area contributed by atoms with E-state index >= 15 is 0 Å². The van der Waals surface area contributed by atoms with Gasteiger partial charge in [-0.25, -0.2) is 0 Å². The van der Waals surface area contributed by atoms with Gasteiger partial charge >= 0.3 is 0 Å². The van der Waals surface area contributed by atoms with Crippen molar-refractivity contribution in [2.45, 2.75) is 39.2 Å². The van der Waals surface area contributed by atoms with Gasteiger partial charge in [-0.05, 0) is 44.4 Å². The molecule has 0 aliphatic heterocycles. The summed E-state index contributed by atoms with van der Waals surface area (Å²) in [6.45, 7) is 4.35. The lowest BCUT2D eigenvalue weighted by Crippen LogP contribution is -2.34. The minimum Gasteiger partial charge on any atom is -0.352 e. The predicted octanol–water partition coefficient (Wildman–Crippen LogP) is 2.23. The van der Waals surface area contributed by atoms with E-state index in [1.807, 2.05) is 19.9 Å². The molecule has 1 aromatic rings. The van der Waals surface area contributed by atoms with Crippen molar-refractivity contribution in [2.24, 2.45) is 11.7 Å². The van der Waals surface area contributed by atoms with E-state index in [-0.39, 0.29) is 36.2 Å². The average Bonchev–Trinajstić information content (AvgIpc) is 2.87. The van der Waals surface area contributed by atoms with E-state index in [0.717, 1.165) is 24.8 Å². The average molecular weight is 326 g/mol. The van der Waals surface area contributed by atoms with Crippen LogP contribution in [0.4, 0.5) is 5.69 Å². The summed E-state index contributed by atoms with van der Waals surface area (Å²) >= 11 is 0. The van der Waals surface area contributed by atoms with E-state index in [1.54, 1.807) is 12.1 Å². The fourth-order valence-electron chi connectivity index (χ4n) is 2.70. The van der Waals surface area contributed by atoms with Gasteiger partial charge in [0.1, 0.15) is 0 Å². The van der Waals surface area contributed by atoms with Crippen LogP contribution in [0.5, 0.6) is 0 Å². The van der Waals surface area contributed by atoms with Crippen LogP contribution in [-0.2, 0) is 4.79 Å². The Morgan fingerprint density at radius 2 is 2.05 bits per heavy atom. The summed E-state index contributed by atoms with van der Waals surface area (Å²) in [4.78, 5) is 24.2. The Morgan fingerprint density at radius 1 is 1.32 bits per heavy atom. The molecule has 122 valence electrons. The Balaban J connectivity index is 0.00000242. The van der Waals surface area contributed by atoms with Crippen LogP contribution in [0.15, 0.2) is 18.2 Å². The van der Waals surface area contributed by atoms with Crippen molar-refractivity contribution in [1.82, 2.24) is 5.32 Å². The molecule has 0 spiro atoms. The molecule has 0 heterocycles. The zero-order valence-corrected chi connectivity index (χ0v) is 13.8. The molecular formula is C16H24ClN3O2. The molecule has 0 bridgehead atoms. The highest BCUT2D eigenvalue weighted by molar-refractivity contribution is 5.98. The van der Waals surface area contributed by atoms with Crippen molar-refractivity contribution in [2.75, 3.05) is 11.9 Å². The van der Waals surface area contributed by atoms with Gasteiger partial charge in [-0.3, -0.25) is 9.59 Å². The largest absolute Gasteiger partial charge is 0.352 e. The molecule has 1 aliphatic carbocycles. The minimum atomic E-state index is -0.134. The molecule has 2 rings (SSSR count). The van der Waals surface area contributed by atoms with Crippen LogP contribution in [0.3, 0.4) is 0 Å². The first-order valence-electron chi connectivity index (χ1n) is 7.48. The molecule has 6 heteroatoms. The molecule has 2 unspecified atom stereocenters. The van der Waals surface area contributed by atoms with Crippen LogP contribution in [0.2, 0.25) is 0 Å². The summed E-state index contributed by atoms with van der Waals surface area (Å²) < 4.78 is 0. The molecule has 22 heavy (non-hydrogen) atoms. The molecule has 0 aromatic heterocycles. The second kappa shape index (κ2) is 8.15. The van der Waals surface area contributed by atoms with E-state index in [2.05, 4.69) is 10.6 Å². The van der Waals surface area contributed by atoms with Crippen molar-refractivity contribution < 1.29 is 9.59 Å². The second-order valence-corrected chi connectivity index (χ2v) is 5.58. The van der Waals surface area contributed by atoms with Crippen molar-refractivity contribution >= 4 is 29.9 Å². The number of benzene rings is 1. The van der Waals surface area contributed by atoms with Crippen LogP contribution in [-0.4, -0.2) is 24.4 Å². The van der Waals surface area contributed by atoms with Gasteiger partial charge in [0.05, 0.1) is 5.92 Å². The molecule has 1 aromatic carbocycles. The van der Waals surface area contributed by atoms with Gasteiger partial charge in [-0.1, -0.05) is 12.5 Å². The van der Waals surface area contributed by atoms with E-state index in [1.165, 1.54) is 0 Å². The van der Waals surface area contributed by atoms with Crippen LogP contribution in [0.1, 0.15) is 42.1 Å². The quantitative estimate of drug-likeness (QED) is 0.793. The van der Waals surface area contributed by atoms with Gasteiger partial charge < -0.3 is 16.4 Å². The molecule has 2 atom stereocenters. The van der Waals surface area contributed by atoms with Crippen molar-refractivity contribution in [3.63, 3.8) is 0 Å². The molecule has 5 nitrogen and oxygen atoms in total. The number of aryl methyl sites for hydroxylation is 1. The van der Waals surface area contributed by atoms with E-state index in [9.17, 15) is 9.59 Å². The lowest BCUT2D eigenvalue weighted by molar-refractivity contribution is -0.120. The third-order valence-electron chi connectivity index (χ3n) is 4.00. The summed E-state index contributed by atoms with van der Waals surface area (Å²) in [5.74, 6) is -0.306. The topological polar surface area (TPSA) is 84.2 Å². The molecule has 1 fully saturated rings. The summed E-state index contributed by atoms with van der Waals surface area (Å²) in [6, 6.07) is 5.27. The summed E-state index contributed by atoms with van der Waals surface area (Å²) in [6.07, 6.45) is 2.73. The predicted molar refractivity (Wildman–Crippen MR) is 90.4 cm³/mol. The maximum absolute atomic E-state index is 12.3. The van der Waals surface area contributed by atoms with Crippen LogP contribution < -0.4 is 16.4 Å². The summed E-state index contributed by atoms with van der Waals surface area (Å²) in [7, 11) is 0. The molecule has 0 saturated heterocycles. The normalized spacial score (nSPS) is 20.1. The van der Waals surface area contributed by atoms with Gasteiger partial charge in [0.15, 0.2) is 0 Å². The number of nitrogens with two attached hydrogens (primary N) is 1. The Hall–Kier alpha value is -1.59. The van der Waals surface area contributed by atoms with Gasteiger partial charge in [-0.2, -0.15) is 0 Å². The van der Waals surface area contributed by atoms with Gasteiger partial charge in [0.2, 0.25) is 5.91 Å². The smallest absolute Gasteiger partial charge is 0.251 e. The molecule has 1 saturated carbocycles. The number of rotatable bonds is 4. The van der Waals surface area contributed by atoms with Gasteiger partial charge in [-0.15, -0.1) is 12.4 Å². The number of carbonyl (C=O) groups excluding carboxylic acids is 2. The first-order chi connectivity index (χ1) is 10.0. The van der Waals surface area contributed by atoms with E-state index in [4.69, 9.17) is 5.73 Å². The number of carbonyl (C=O) groups is 2. The second-order valence-electron chi connectivity index (χ2n) is 5.58. The maximum atomic E-state index is 12.3. The summed E-state index contributed by atoms with van der Waals surface area (Å²) in [5.41, 5.74) is 8.13. The fourth-order valence-corrected chi connectivity index (χ4v) is 2.70. The fraction of sp³-hybridized carbons (Fsp3) is 0.500. The van der Waals surface area contributed by atoms with Crippen LogP contribution in [0, 0.1) is 12.8 Å². The van der Waals surface area contributed by atoms with Crippen molar-refractivity contribution in [3.05, 3.63) is 29.3 Å². The van der Waals surface area contributed by atoms with E-state index in [0.29, 0.717) is 17.8 Å². The Bertz CT molecular complexity index is 548. The lowest BCUT2D eigenvalue weighted by Gasteiger charge is -2.17. The first kappa shape index (κ1) is 18.5. The first-order valence-corrected chi connectivity index (χ1v) is 7.48. The highest BCUT2D eigenvalue weighted by atomic mass is 35.5. The molecule has 2 amide bonds. The number of hydrogen-bond acceptors (Lipinski definition) is 3. The zero-order chi connectivity index (χ0) is 15.4. The van der Waals surface area contributed by atoms with Gasteiger partial charge in [0.25, 0.3) is 5.91 Å². The van der Waals surface area contributed by atoms with Crippen molar-refractivity contribution in [3.8, 4) is 0 Å². The molecular weight excluding hydrogens is 302 g/mol. The minimum absolute atomic E-state index is 0. The molecule has 1 aliphatic rings. The Kier molecular flexibility index (Phi) is 6.84. The number of hydrogen-bond donors (Lipinski definition) is 3. The number of anilines is 1. The Labute approximate surface area is 137 Å². The Morgan fingerprint density at radius 3 is 2.64 bits per heavy atom. The zero-order valence-electron chi connectivity index (χ0n) is 13.0. The molecule has 4 N–H and O–H groups in total. The lowest BCUT2D eigenvalue weighted by atomic mass is 10.0. The molecule has 0 radical (unpaired) electrons. The third-order valence-corrected chi connectivity index (χ3v) is 4.00. The SMILES string of the molecule is CCNC(=O)c1ccc(C)c(NC(=O)C2CCCC2N)c1.Cl. The highest BCUT2D eigenvalue weighted by Gasteiger charge is 2.30. The van der Waals surface area contributed by atoms with Crippen LogP contribution in [0.25, 0.3) is 0 Å². The van der Waals surface area contributed by atoms with Crippen molar-refractivity contribution in [1.29, 1.82) is 0 Å². The maximum Gasteiger partial charge on any atom is 0.251 e. The number of halogens is 1.